The Morgan fingerprint density at radius 2 is 1.89 bits per heavy atom. The van der Waals surface area contributed by atoms with Crippen LogP contribution in [0.3, 0.4) is 0 Å². The molecule has 0 amide bonds. The van der Waals surface area contributed by atoms with Crippen molar-refractivity contribution in [3.63, 3.8) is 0 Å². The Morgan fingerprint density at radius 3 is 2.53 bits per heavy atom. The van der Waals surface area contributed by atoms with Crippen molar-refractivity contribution < 1.29 is 9.63 Å². The molecule has 0 heterocycles. The lowest BCUT2D eigenvalue weighted by atomic mass is 9.77. The SMILES string of the molecule is CC1(C)CC(=O)C(C#N)=C(ON=C2CCCCC2)C1. The van der Waals surface area contributed by atoms with E-state index in [1.54, 1.807) is 0 Å². The summed E-state index contributed by atoms with van der Waals surface area (Å²) in [5.74, 6) is 0.319. The summed E-state index contributed by atoms with van der Waals surface area (Å²) < 4.78 is 0. The fraction of sp³-hybridized carbons (Fsp3) is 0.667. The van der Waals surface area contributed by atoms with E-state index in [-0.39, 0.29) is 16.8 Å². The molecule has 0 saturated heterocycles. The normalized spacial score (nSPS) is 23.0. The molecule has 0 radical (unpaired) electrons. The number of hydrogen-bond acceptors (Lipinski definition) is 4. The van der Waals surface area contributed by atoms with Crippen LogP contribution in [0.15, 0.2) is 16.5 Å². The average molecular weight is 260 g/mol. The minimum Gasteiger partial charge on any atom is -0.360 e. The van der Waals surface area contributed by atoms with Crippen molar-refractivity contribution >= 4 is 11.5 Å². The molecule has 4 nitrogen and oxygen atoms in total. The van der Waals surface area contributed by atoms with Crippen molar-refractivity contribution in [2.45, 2.75) is 58.8 Å². The molecule has 1 saturated carbocycles. The molecule has 0 aromatic heterocycles. The van der Waals surface area contributed by atoms with Gasteiger partial charge in [-0.05, 0) is 31.1 Å². The van der Waals surface area contributed by atoms with Gasteiger partial charge in [0.25, 0.3) is 0 Å². The quantitative estimate of drug-likeness (QED) is 0.714. The molecule has 2 aliphatic rings. The van der Waals surface area contributed by atoms with Crippen molar-refractivity contribution in [3.8, 4) is 6.07 Å². The molecule has 102 valence electrons. The zero-order valence-corrected chi connectivity index (χ0v) is 11.7. The van der Waals surface area contributed by atoms with Crippen LogP contribution < -0.4 is 0 Å². The van der Waals surface area contributed by atoms with Gasteiger partial charge in [-0.2, -0.15) is 5.26 Å². The monoisotopic (exact) mass is 260 g/mol. The number of rotatable bonds is 2. The van der Waals surface area contributed by atoms with Gasteiger partial charge in [0.05, 0.1) is 5.71 Å². The zero-order valence-electron chi connectivity index (χ0n) is 11.7. The van der Waals surface area contributed by atoms with E-state index in [4.69, 9.17) is 10.1 Å². The molecule has 0 atom stereocenters. The number of carbonyl (C=O) groups excluding carboxylic acids is 1. The molecule has 0 aromatic rings. The standard InChI is InChI=1S/C15H20N2O2/c1-15(2)8-13(18)12(10-16)14(9-15)19-17-11-6-4-3-5-7-11/h3-9H2,1-2H3. The van der Waals surface area contributed by atoms with Crippen LogP contribution in [0.1, 0.15) is 58.8 Å². The number of oxime groups is 1. The lowest BCUT2D eigenvalue weighted by molar-refractivity contribution is -0.118. The minimum atomic E-state index is -0.153. The van der Waals surface area contributed by atoms with Crippen LogP contribution in [0, 0.1) is 16.7 Å². The van der Waals surface area contributed by atoms with Gasteiger partial charge in [-0.25, -0.2) is 0 Å². The predicted molar refractivity (Wildman–Crippen MR) is 72.3 cm³/mol. The van der Waals surface area contributed by atoms with Gasteiger partial charge in [-0.15, -0.1) is 0 Å². The second-order valence-corrected chi connectivity index (χ2v) is 6.16. The summed E-state index contributed by atoms with van der Waals surface area (Å²) in [6.45, 7) is 4.02. The first-order chi connectivity index (χ1) is 9.02. The molecule has 0 bridgehead atoms. The van der Waals surface area contributed by atoms with Crippen LogP contribution in [0.5, 0.6) is 0 Å². The molecule has 2 aliphatic carbocycles. The van der Waals surface area contributed by atoms with Gasteiger partial charge >= 0.3 is 0 Å². The number of carbonyl (C=O) groups is 1. The summed E-state index contributed by atoms with van der Waals surface area (Å²) >= 11 is 0. The Labute approximate surface area is 114 Å². The second kappa shape index (κ2) is 5.56. The predicted octanol–water partition coefficient (Wildman–Crippen LogP) is 3.49. The second-order valence-electron chi connectivity index (χ2n) is 6.16. The highest BCUT2D eigenvalue weighted by molar-refractivity contribution is 6.00. The molecule has 1 fully saturated rings. The first-order valence-electron chi connectivity index (χ1n) is 6.91. The van der Waals surface area contributed by atoms with Gasteiger partial charge in [0, 0.05) is 12.8 Å². The Balaban J connectivity index is 2.16. The number of allylic oxidation sites excluding steroid dienone is 2. The summed E-state index contributed by atoms with van der Waals surface area (Å²) in [6, 6.07) is 1.97. The molecule has 0 unspecified atom stereocenters. The number of ketones is 1. The van der Waals surface area contributed by atoms with Crippen LogP contribution in [0.4, 0.5) is 0 Å². The van der Waals surface area contributed by atoms with E-state index in [2.05, 4.69) is 5.16 Å². The zero-order chi connectivity index (χ0) is 13.9. The molecule has 4 heteroatoms. The van der Waals surface area contributed by atoms with E-state index in [0.29, 0.717) is 18.6 Å². The molecular formula is C15H20N2O2. The highest BCUT2D eigenvalue weighted by atomic mass is 16.6. The van der Waals surface area contributed by atoms with Gasteiger partial charge in [-0.1, -0.05) is 25.4 Å². The van der Waals surface area contributed by atoms with Crippen molar-refractivity contribution in [2.24, 2.45) is 10.6 Å². The third-order valence-electron chi connectivity index (χ3n) is 3.66. The topological polar surface area (TPSA) is 62.5 Å². The molecule has 0 aromatic carbocycles. The Bertz CT molecular complexity index is 473. The van der Waals surface area contributed by atoms with E-state index in [1.165, 1.54) is 6.42 Å². The summed E-state index contributed by atoms with van der Waals surface area (Å²) in [4.78, 5) is 17.3. The smallest absolute Gasteiger partial charge is 0.177 e. The maximum atomic E-state index is 11.9. The van der Waals surface area contributed by atoms with E-state index in [1.807, 2.05) is 19.9 Å². The first-order valence-corrected chi connectivity index (χ1v) is 6.91. The summed E-state index contributed by atoms with van der Waals surface area (Å²) in [6.07, 6.45) is 6.47. The molecular weight excluding hydrogens is 240 g/mol. The third-order valence-corrected chi connectivity index (χ3v) is 3.66. The third kappa shape index (κ3) is 3.44. The van der Waals surface area contributed by atoms with E-state index in [9.17, 15) is 4.79 Å². The molecule has 2 rings (SSSR count). The number of nitriles is 1. The van der Waals surface area contributed by atoms with Gasteiger partial charge < -0.3 is 4.84 Å². The van der Waals surface area contributed by atoms with Crippen LogP contribution in [-0.4, -0.2) is 11.5 Å². The van der Waals surface area contributed by atoms with Gasteiger partial charge in [0.15, 0.2) is 11.5 Å². The fourth-order valence-electron chi connectivity index (χ4n) is 2.64. The maximum absolute atomic E-state index is 11.9. The first kappa shape index (κ1) is 13.8. The largest absolute Gasteiger partial charge is 0.360 e. The van der Waals surface area contributed by atoms with Crippen molar-refractivity contribution in [1.29, 1.82) is 5.26 Å². The number of nitrogens with zero attached hydrogens (tertiary/aromatic N) is 2. The van der Waals surface area contributed by atoms with E-state index < -0.39 is 0 Å². The van der Waals surface area contributed by atoms with Crippen LogP contribution in [0.25, 0.3) is 0 Å². The lowest BCUT2D eigenvalue weighted by Crippen LogP contribution is -2.26. The Kier molecular flexibility index (Phi) is 4.04. The Morgan fingerprint density at radius 1 is 1.21 bits per heavy atom. The molecule has 0 aliphatic heterocycles. The highest BCUT2D eigenvalue weighted by Crippen LogP contribution is 2.37. The number of Topliss-reactive ketones (excluding diaryl/α,β-unsaturated/α-hetero) is 1. The fourth-order valence-corrected chi connectivity index (χ4v) is 2.64. The highest BCUT2D eigenvalue weighted by Gasteiger charge is 2.34. The Hall–Kier alpha value is -1.63. The van der Waals surface area contributed by atoms with Crippen LogP contribution >= 0.6 is 0 Å². The van der Waals surface area contributed by atoms with E-state index in [0.717, 1.165) is 31.4 Å². The van der Waals surface area contributed by atoms with Crippen LogP contribution in [0.2, 0.25) is 0 Å². The summed E-state index contributed by atoms with van der Waals surface area (Å²) in [5.41, 5.74) is 1.05. The number of hydrogen-bond donors (Lipinski definition) is 0. The van der Waals surface area contributed by atoms with Gasteiger partial charge in [-0.3, -0.25) is 4.79 Å². The molecule has 19 heavy (non-hydrogen) atoms. The lowest BCUT2D eigenvalue weighted by Gasteiger charge is -2.28. The van der Waals surface area contributed by atoms with Crippen molar-refractivity contribution in [1.82, 2.24) is 0 Å². The molecule has 0 N–H and O–H groups in total. The van der Waals surface area contributed by atoms with Crippen LogP contribution in [-0.2, 0) is 9.63 Å². The average Bonchev–Trinajstić information content (AvgIpc) is 2.36. The summed E-state index contributed by atoms with van der Waals surface area (Å²) in [7, 11) is 0. The van der Waals surface area contributed by atoms with Gasteiger partial charge in [0.1, 0.15) is 11.6 Å². The van der Waals surface area contributed by atoms with Gasteiger partial charge in [0.2, 0.25) is 0 Å². The summed E-state index contributed by atoms with van der Waals surface area (Å²) in [5, 5.41) is 13.2. The maximum Gasteiger partial charge on any atom is 0.177 e. The van der Waals surface area contributed by atoms with E-state index >= 15 is 0 Å². The minimum absolute atomic E-state index is 0.127. The van der Waals surface area contributed by atoms with Crippen molar-refractivity contribution in [2.75, 3.05) is 0 Å². The molecule has 0 spiro atoms. The van der Waals surface area contributed by atoms with Crippen molar-refractivity contribution in [3.05, 3.63) is 11.3 Å².